The molecule has 0 bridgehead atoms. The summed E-state index contributed by atoms with van der Waals surface area (Å²) in [6.07, 6.45) is -0.702. The van der Waals surface area contributed by atoms with Crippen LogP contribution in [0.25, 0.3) is 22.0 Å². The van der Waals surface area contributed by atoms with Crippen molar-refractivity contribution in [2.45, 2.75) is 38.3 Å². The molecule has 2 aliphatic heterocycles. The van der Waals surface area contributed by atoms with Crippen molar-refractivity contribution in [1.29, 1.82) is 0 Å². The van der Waals surface area contributed by atoms with Crippen molar-refractivity contribution in [2.75, 3.05) is 13.1 Å². The average molecular weight is 725 g/mol. The standard InChI is InChI=1S/C42H37FN6O5/c43-33-17-15-31(16-18-33)37-22-35(54-45-37)25-47-27-40(51)48-38(21-28-13-19-34(50)20-14-28)41(52)46(24-32-11-6-10-30-9-4-5-12-36(30)32)26-39(48)49(47)42(53)44-23-29-7-2-1-3-8-29/h1-20,22,38-39,50H,21,23-27H2,(H,44,53). The second-order valence-corrected chi connectivity index (χ2v) is 13.5. The van der Waals surface area contributed by atoms with Crippen molar-refractivity contribution in [3.8, 4) is 17.0 Å². The number of hydrazine groups is 1. The first kappa shape index (κ1) is 34.6. The van der Waals surface area contributed by atoms with Crippen LogP contribution in [-0.4, -0.2) is 73.2 Å². The molecule has 2 atom stereocenters. The van der Waals surface area contributed by atoms with E-state index in [4.69, 9.17) is 4.52 Å². The lowest BCUT2D eigenvalue weighted by Crippen LogP contribution is -2.76. The highest BCUT2D eigenvalue weighted by molar-refractivity contribution is 5.92. The van der Waals surface area contributed by atoms with E-state index in [-0.39, 0.29) is 62.5 Å². The Morgan fingerprint density at radius 3 is 2.39 bits per heavy atom. The molecule has 0 aliphatic carbocycles. The molecule has 8 rings (SSSR count). The molecule has 0 saturated carbocycles. The summed E-state index contributed by atoms with van der Waals surface area (Å²) in [4.78, 5) is 46.6. The van der Waals surface area contributed by atoms with Crippen LogP contribution in [0.5, 0.6) is 5.75 Å². The topological polar surface area (TPSA) is 122 Å². The molecule has 2 saturated heterocycles. The van der Waals surface area contributed by atoms with Crippen molar-refractivity contribution in [3.05, 3.63) is 156 Å². The Balaban J connectivity index is 1.16. The van der Waals surface area contributed by atoms with Gasteiger partial charge in [0.25, 0.3) is 0 Å². The molecular formula is C42H37FN6O5. The van der Waals surface area contributed by atoms with Gasteiger partial charge in [0.1, 0.15) is 29.5 Å². The maximum atomic E-state index is 14.6. The Kier molecular flexibility index (Phi) is 9.49. The molecule has 6 aromatic rings. The van der Waals surface area contributed by atoms with E-state index in [1.807, 2.05) is 72.8 Å². The summed E-state index contributed by atoms with van der Waals surface area (Å²) >= 11 is 0. The number of phenols is 1. The zero-order valence-electron chi connectivity index (χ0n) is 29.2. The molecule has 0 spiro atoms. The van der Waals surface area contributed by atoms with Crippen LogP contribution in [0.15, 0.2) is 132 Å². The van der Waals surface area contributed by atoms with Crippen LogP contribution in [0.2, 0.25) is 0 Å². The molecule has 11 nitrogen and oxygen atoms in total. The summed E-state index contributed by atoms with van der Waals surface area (Å²) in [5.41, 5.74) is 3.71. The van der Waals surface area contributed by atoms with Crippen molar-refractivity contribution in [1.82, 2.24) is 30.3 Å². The number of nitrogens with one attached hydrogen (secondary N) is 1. The number of amides is 4. The van der Waals surface area contributed by atoms with Gasteiger partial charge in [0.05, 0.1) is 19.6 Å². The quantitative estimate of drug-likeness (QED) is 0.185. The van der Waals surface area contributed by atoms with E-state index in [9.17, 15) is 23.9 Å². The minimum absolute atomic E-state index is 0.0168. The normalized spacial score (nSPS) is 17.5. The van der Waals surface area contributed by atoms with Crippen LogP contribution < -0.4 is 5.32 Å². The number of urea groups is 1. The molecule has 3 heterocycles. The minimum Gasteiger partial charge on any atom is -0.508 e. The number of fused-ring (bicyclic) bond motifs is 2. The van der Waals surface area contributed by atoms with Gasteiger partial charge in [0, 0.05) is 31.1 Å². The SMILES string of the molecule is O=C1C(Cc2ccc(O)cc2)N2C(=O)CN(Cc3cc(-c4ccc(F)cc4)no3)N(C(=O)NCc3ccccc3)C2CN1Cc1cccc2ccccc12. The van der Waals surface area contributed by atoms with E-state index < -0.39 is 18.2 Å². The summed E-state index contributed by atoms with van der Waals surface area (Å²) < 4.78 is 19.3. The van der Waals surface area contributed by atoms with E-state index in [1.54, 1.807) is 52.4 Å². The molecule has 4 amide bonds. The van der Waals surface area contributed by atoms with Gasteiger partial charge in [0.2, 0.25) is 11.8 Å². The Morgan fingerprint density at radius 1 is 0.852 bits per heavy atom. The zero-order chi connectivity index (χ0) is 37.2. The molecule has 2 aliphatic rings. The van der Waals surface area contributed by atoms with Crippen molar-refractivity contribution in [2.24, 2.45) is 0 Å². The fraction of sp³-hybridized carbons (Fsp3) is 0.190. The summed E-state index contributed by atoms with van der Waals surface area (Å²) in [5, 5.41) is 22.4. The number of hydrogen-bond acceptors (Lipinski definition) is 7. The minimum atomic E-state index is -0.933. The lowest BCUT2D eigenvalue weighted by Gasteiger charge is -2.55. The third-order valence-corrected chi connectivity index (χ3v) is 9.97. The summed E-state index contributed by atoms with van der Waals surface area (Å²) in [7, 11) is 0. The monoisotopic (exact) mass is 724 g/mol. The Morgan fingerprint density at radius 2 is 1.59 bits per heavy atom. The third-order valence-electron chi connectivity index (χ3n) is 9.97. The third kappa shape index (κ3) is 7.11. The fourth-order valence-corrected chi connectivity index (χ4v) is 7.34. The summed E-state index contributed by atoms with van der Waals surface area (Å²) in [5.74, 6) is -0.466. The smallest absolute Gasteiger partial charge is 0.334 e. The molecule has 2 unspecified atom stereocenters. The van der Waals surface area contributed by atoms with Gasteiger partial charge in [-0.2, -0.15) is 5.01 Å². The number of piperazine rings is 1. The van der Waals surface area contributed by atoms with Gasteiger partial charge < -0.3 is 24.7 Å². The zero-order valence-corrected chi connectivity index (χ0v) is 29.2. The second-order valence-electron chi connectivity index (χ2n) is 13.5. The first-order valence-electron chi connectivity index (χ1n) is 17.7. The second kappa shape index (κ2) is 14.8. The number of halogens is 1. The van der Waals surface area contributed by atoms with Gasteiger partial charge in [0.15, 0.2) is 5.76 Å². The Bertz CT molecular complexity index is 2290. The lowest BCUT2D eigenvalue weighted by molar-refractivity contribution is -0.193. The maximum Gasteiger partial charge on any atom is 0.334 e. The highest BCUT2D eigenvalue weighted by Gasteiger charge is 2.51. The highest BCUT2D eigenvalue weighted by Crippen LogP contribution is 2.32. The lowest BCUT2D eigenvalue weighted by atomic mass is 9.97. The number of rotatable bonds is 9. The first-order chi connectivity index (χ1) is 26.3. The molecule has 1 aromatic heterocycles. The van der Waals surface area contributed by atoms with Gasteiger partial charge in [-0.05, 0) is 63.9 Å². The van der Waals surface area contributed by atoms with Crippen molar-refractivity contribution >= 4 is 28.6 Å². The molecule has 12 heteroatoms. The number of nitrogens with zero attached hydrogens (tertiary/aromatic N) is 5. The number of carbonyl (C=O) groups excluding carboxylic acids is 3. The predicted molar refractivity (Wildman–Crippen MR) is 198 cm³/mol. The molecule has 54 heavy (non-hydrogen) atoms. The van der Waals surface area contributed by atoms with Gasteiger partial charge in [-0.25, -0.2) is 14.2 Å². The molecule has 0 radical (unpaired) electrons. The van der Waals surface area contributed by atoms with Crippen LogP contribution in [0.3, 0.4) is 0 Å². The largest absolute Gasteiger partial charge is 0.508 e. The molecule has 2 fully saturated rings. The van der Waals surface area contributed by atoms with E-state index in [0.29, 0.717) is 17.0 Å². The number of aromatic nitrogens is 1. The Labute approximate surface area is 310 Å². The predicted octanol–water partition coefficient (Wildman–Crippen LogP) is 6.09. The van der Waals surface area contributed by atoms with Crippen molar-refractivity contribution in [3.63, 3.8) is 0 Å². The number of benzene rings is 5. The van der Waals surface area contributed by atoms with Crippen LogP contribution in [0.1, 0.15) is 22.5 Å². The van der Waals surface area contributed by atoms with Gasteiger partial charge in [-0.15, -0.1) is 0 Å². The van der Waals surface area contributed by atoms with Crippen LogP contribution in [0, 0.1) is 5.82 Å². The van der Waals surface area contributed by atoms with Gasteiger partial charge >= 0.3 is 6.03 Å². The van der Waals surface area contributed by atoms with Crippen LogP contribution in [-0.2, 0) is 35.6 Å². The van der Waals surface area contributed by atoms with E-state index >= 15 is 0 Å². The maximum absolute atomic E-state index is 14.6. The van der Waals surface area contributed by atoms with Crippen molar-refractivity contribution < 1.29 is 28.4 Å². The number of aromatic hydroxyl groups is 1. The molecular weight excluding hydrogens is 687 g/mol. The first-order valence-corrected chi connectivity index (χ1v) is 17.7. The van der Waals surface area contributed by atoms with Gasteiger partial charge in [-0.1, -0.05) is 90.1 Å². The summed E-state index contributed by atoms with van der Waals surface area (Å²) in [6, 6.07) is 36.2. The molecule has 5 aromatic carbocycles. The molecule has 272 valence electrons. The van der Waals surface area contributed by atoms with E-state index in [1.165, 1.54) is 22.0 Å². The average Bonchev–Trinajstić information content (AvgIpc) is 3.65. The van der Waals surface area contributed by atoms with Crippen LogP contribution in [0.4, 0.5) is 9.18 Å². The highest BCUT2D eigenvalue weighted by atomic mass is 19.1. The van der Waals surface area contributed by atoms with E-state index in [0.717, 1.165) is 27.5 Å². The van der Waals surface area contributed by atoms with E-state index in [2.05, 4.69) is 10.5 Å². The Hall–Kier alpha value is -6.53. The number of phenolic OH excluding ortho intramolecular Hbond substituents is 1. The van der Waals surface area contributed by atoms with Gasteiger partial charge in [-0.3, -0.25) is 9.59 Å². The molecule has 2 N–H and O–H groups in total. The number of hydrogen-bond donors (Lipinski definition) is 2. The number of carbonyl (C=O) groups is 3. The fourth-order valence-electron chi connectivity index (χ4n) is 7.34. The summed E-state index contributed by atoms with van der Waals surface area (Å²) in [6.45, 7) is 0.338. The van der Waals surface area contributed by atoms with Crippen LogP contribution >= 0.6 is 0 Å².